The van der Waals surface area contributed by atoms with E-state index in [-0.39, 0.29) is 0 Å². The summed E-state index contributed by atoms with van der Waals surface area (Å²) in [5.74, 6) is -1.17. The van der Waals surface area contributed by atoms with E-state index in [0.29, 0.717) is 6.07 Å². The van der Waals surface area contributed by atoms with Crippen LogP contribution >= 0.6 is 0 Å². The van der Waals surface area contributed by atoms with Crippen LogP contribution in [0.4, 0.5) is 11.4 Å². The molecule has 0 fully saturated rings. The number of nitro groups is 2. The molecule has 0 heterocycles. The molecule has 0 spiro atoms. The second-order valence-corrected chi connectivity index (χ2v) is 2.71. The molecule has 0 saturated heterocycles. The van der Waals surface area contributed by atoms with Gasteiger partial charge in [0, 0.05) is 11.0 Å². The lowest BCUT2D eigenvalue weighted by atomic mass is 10.1. The number of amides is 1. The largest absolute Gasteiger partial charge is 0.287 e. The molecule has 1 amide bonds. The van der Waals surface area contributed by atoms with E-state index < -0.39 is 32.7 Å². The van der Waals surface area contributed by atoms with Crippen LogP contribution in [0.25, 0.3) is 10.4 Å². The van der Waals surface area contributed by atoms with Gasteiger partial charge in [-0.1, -0.05) is 0 Å². The molecule has 1 rings (SSSR count). The highest BCUT2D eigenvalue weighted by molar-refractivity contribution is 5.99. The molecule has 0 N–H and O–H groups in total. The Hall–Kier alpha value is -3.00. The highest BCUT2D eigenvalue weighted by Crippen LogP contribution is 2.25. The van der Waals surface area contributed by atoms with E-state index in [1.54, 1.807) is 0 Å². The summed E-state index contributed by atoms with van der Waals surface area (Å²) in [5, 5.41) is 23.7. The number of carbonyl (C=O) groups is 1. The van der Waals surface area contributed by atoms with Gasteiger partial charge in [-0.2, -0.15) is 0 Å². The van der Waals surface area contributed by atoms with E-state index in [4.69, 9.17) is 5.53 Å². The fourth-order valence-electron chi connectivity index (χ4n) is 1.06. The number of azide groups is 1. The van der Waals surface area contributed by atoms with Crippen LogP contribution in [0.3, 0.4) is 0 Å². The Labute approximate surface area is 92.4 Å². The van der Waals surface area contributed by atoms with Gasteiger partial charge in [0.15, 0.2) is 0 Å². The number of hydrogen-bond donors (Lipinski definition) is 0. The Morgan fingerprint density at radius 3 is 2.41 bits per heavy atom. The number of nitrogens with zero attached hydrogens (tertiary/aromatic N) is 5. The molecule has 86 valence electrons. The summed E-state index contributed by atoms with van der Waals surface area (Å²) in [6, 6.07) is 2.40. The Kier molecular flexibility index (Phi) is 3.32. The minimum Gasteiger partial charge on any atom is -0.287 e. The van der Waals surface area contributed by atoms with Gasteiger partial charge < -0.3 is 0 Å². The Morgan fingerprint density at radius 2 is 1.94 bits per heavy atom. The lowest BCUT2D eigenvalue weighted by molar-refractivity contribution is -0.394. The summed E-state index contributed by atoms with van der Waals surface area (Å²) in [4.78, 5) is 32.5. The van der Waals surface area contributed by atoms with Crippen LogP contribution in [0.5, 0.6) is 0 Å². The molecule has 1 aromatic rings. The first-order valence-electron chi connectivity index (χ1n) is 3.99. The van der Waals surface area contributed by atoms with Crippen molar-refractivity contribution in [3.63, 3.8) is 0 Å². The predicted molar refractivity (Wildman–Crippen MR) is 53.2 cm³/mol. The van der Waals surface area contributed by atoms with Crippen molar-refractivity contribution < 1.29 is 14.6 Å². The lowest BCUT2D eigenvalue weighted by Crippen LogP contribution is -2.02. The van der Waals surface area contributed by atoms with Crippen LogP contribution < -0.4 is 0 Å². The maximum atomic E-state index is 11.2. The van der Waals surface area contributed by atoms with Crippen molar-refractivity contribution in [3.05, 3.63) is 54.4 Å². The summed E-state index contributed by atoms with van der Waals surface area (Å²) in [7, 11) is 0. The fourth-order valence-corrected chi connectivity index (χ4v) is 1.06. The van der Waals surface area contributed by atoms with E-state index in [2.05, 4.69) is 10.0 Å². The molecule has 10 nitrogen and oxygen atoms in total. The third-order valence-electron chi connectivity index (χ3n) is 1.75. The predicted octanol–water partition coefficient (Wildman–Crippen LogP) is 1.95. The number of non-ortho nitro benzene ring substituents is 1. The van der Waals surface area contributed by atoms with Gasteiger partial charge >= 0.3 is 0 Å². The number of benzene rings is 1. The second kappa shape index (κ2) is 4.68. The van der Waals surface area contributed by atoms with Gasteiger partial charge in [-0.3, -0.25) is 25.0 Å². The minimum atomic E-state index is -1.17. The van der Waals surface area contributed by atoms with Crippen LogP contribution in [-0.4, -0.2) is 15.8 Å². The Bertz CT molecular complexity index is 562. The van der Waals surface area contributed by atoms with Crippen molar-refractivity contribution in [1.29, 1.82) is 0 Å². The monoisotopic (exact) mass is 237 g/mol. The van der Waals surface area contributed by atoms with Gasteiger partial charge in [-0.05, 0) is 16.7 Å². The van der Waals surface area contributed by atoms with Crippen molar-refractivity contribution in [2.45, 2.75) is 0 Å². The molecule has 0 atom stereocenters. The quantitative estimate of drug-likeness (QED) is 0.258. The number of nitro benzene ring substituents is 2. The highest BCUT2D eigenvalue weighted by atomic mass is 16.6. The van der Waals surface area contributed by atoms with Crippen LogP contribution in [0, 0.1) is 20.2 Å². The summed E-state index contributed by atoms with van der Waals surface area (Å²) in [6.07, 6.45) is 0. The zero-order valence-corrected chi connectivity index (χ0v) is 8.01. The third-order valence-corrected chi connectivity index (χ3v) is 1.75. The number of carbonyl (C=O) groups excluding carboxylic acids is 1. The zero-order chi connectivity index (χ0) is 13.0. The maximum absolute atomic E-state index is 11.2. The smallest absolute Gasteiger partial charge is 0.287 e. The average molecular weight is 237 g/mol. The van der Waals surface area contributed by atoms with E-state index >= 15 is 0 Å². The number of hydrogen-bond acceptors (Lipinski definition) is 5. The van der Waals surface area contributed by atoms with Crippen molar-refractivity contribution in [2.75, 3.05) is 0 Å². The van der Waals surface area contributed by atoms with Crippen molar-refractivity contribution in [2.24, 2.45) is 5.11 Å². The average Bonchev–Trinajstić information content (AvgIpc) is 2.28. The molecule has 0 saturated carbocycles. The van der Waals surface area contributed by atoms with Crippen molar-refractivity contribution >= 4 is 17.3 Å². The molecule has 0 aliphatic rings. The lowest BCUT2D eigenvalue weighted by Gasteiger charge is -1.97. The third kappa shape index (κ3) is 2.52. The van der Waals surface area contributed by atoms with Crippen LogP contribution in [-0.2, 0) is 0 Å². The van der Waals surface area contributed by atoms with Crippen LogP contribution in [0.15, 0.2) is 23.3 Å². The van der Waals surface area contributed by atoms with E-state index in [0.717, 1.165) is 12.1 Å². The minimum absolute atomic E-state index is 0.501. The summed E-state index contributed by atoms with van der Waals surface area (Å²) in [5.41, 5.74) is 6.21. The van der Waals surface area contributed by atoms with Gasteiger partial charge in [0.25, 0.3) is 17.3 Å². The zero-order valence-electron chi connectivity index (χ0n) is 8.01. The maximum Gasteiger partial charge on any atom is 0.287 e. The van der Waals surface area contributed by atoms with Crippen molar-refractivity contribution in [1.82, 2.24) is 0 Å². The topological polar surface area (TPSA) is 152 Å². The molecule has 0 radical (unpaired) electrons. The first-order chi connectivity index (χ1) is 7.97. The normalized spacial score (nSPS) is 9.18. The molecule has 1 aromatic carbocycles. The van der Waals surface area contributed by atoms with Gasteiger partial charge in [-0.15, -0.1) is 0 Å². The van der Waals surface area contributed by atoms with E-state index in [1.165, 1.54) is 0 Å². The SMILES string of the molecule is [N-]=[N+]=NC(=O)c1ccc([N+](=O)[O-])cc1[N+](=O)[O-]. The molecule has 0 aliphatic heterocycles. The van der Waals surface area contributed by atoms with Crippen molar-refractivity contribution in [3.8, 4) is 0 Å². The number of rotatable bonds is 3. The van der Waals surface area contributed by atoms with Gasteiger partial charge in [0.05, 0.1) is 15.9 Å². The van der Waals surface area contributed by atoms with E-state index in [1.807, 2.05) is 0 Å². The highest BCUT2D eigenvalue weighted by Gasteiger charge is 2.23. The first kappa shape index (κ1) is 12.1. The standard InChI is InChI=1S/C7H3N5O5/c8-10-9-7(13)5-2-1-4(11(14)15)3-6(5)12(16)17/h1-3H. The van der Waals surface area contributed by atoms with Gasteiger partial charge in [0.2, 0.25) is 0 Å². The van der Waals surface area contributed by atoms with Gasteiger partial charge in [-0.25, -0.2) is 0 Å². The molecular formula is C7H3N5O5. The summed E-state index contributed by atoms with van der Waals surface area (Å²) >= 11 is 0. The Morgan fingerprint density at radius 1 is 1.29 bits per heavy atom. The molecule has 17 heavy (non-hydrogen) atoms. The second-order valence-electron chi connectivity index (χ2n) is 2.71. The molecule has 0 unspecified atom stereocenters. The molecular weight excluding hydrogens is 234 g/mol. The fraction of sp³-hybridized carbons (Fsp3) is 0. The van der Waals surface area contributed by atoms with Crippen LogP contribution in [0.2, 0.25) is 0 Å². The Balaban J connectivity index is 3.41. The van der Waals surface area contributed by atoms with E-state index in [9.17, 15) is 25.0 Å². The summed E-state index contributed by atoms with van der Waals surface area (Å²) < 4.78 is 0. The molecule has 0 bridgehead atoms. The molecule has 0 aliphatic carbocycles. The first-order valence-corrected chi connectivity index (χ1v) is 3.99. The molecule has 0 aromatic heterocycles. The van der Waals surface area contributed by atoms with Crippen LogP contribution in [0.1, 0.15) is 10.4 Å². The molecule has 10 heteroatoms. The summed E-state index contributed by atoms with van der Waals surface area (Å²) in [6.45, 7) is 0. The van der Waals surface area contributed by atoms with Gasteiger partial charge in [0.1, 0.15) is 5.56 Å².